The number of hydrogen-bond acceptors (Lipinski definition) is 2. The number of hydrogen-bond donors (Lipinski definition) is 0. The van der Waals surface area contributed by atoms with Crippen LogP contribution >= 0.6 is 0 Å². The molecular formula is C14H14N2O. The number of carbonyl (C=O) groups excluding carboxylic acids is 1. The summed E-state index contributed by atoms with van der Waals surface area (Å²) in [5.74, 6) is 0.221. The molecule has 1 aliphatic rings. The minimum atomic E-state index is 0.0235. The molecule has 3 heteroatoms. The topological polar surface area (TPSA) is 34.9 Å². The van der Waals surface area contributed by atoms with E-state index < -0.39 is 0 Å². The Morgan fingerprint density at radius 1 is 1.41 bits per heavy atom. The van der Waals surface area contributed by atoms with Gasteiger partial charge in [0.1, 0.15) is 0 Å². The van der Waals surface area contributed by atoms with E-state index in [0.717, 1.165) is 12.8 Å². The zero-order valence-electron chi connectivity index (χ0n) is 9.76. The molecule has 3 nitrogen and oxygen atoms in total. The smallest absolute Gasteiger partial charge is 0.173 e. The molecule has 0 fully saturated rings. The van der Waals surface area contributed by atoms with Crippen LogP contribution in [0.2, 0.25) is 0 Å². The van der Waals surface area contributed by atoms with Crippen LogP contribution in [0.25, 0.3) is 0 Å². The fourth-order valence-electron chi connectivity index (χ4n) is 2.58. The van der Waals surface area contributed by atoms with Gasteiger partial charge >= 0.3 is 0 Å². The molecule has 0 spiro atoms. The maximum absolute atomic E-state index is 12.4. The minimum Gasteiger partial charge on any atom is -0.293 e. The molecule has 0 saturated carbocycles. The second-order valence-corrected chi connectivity index (χ2v) is 4.56. The number of fused-ring (bicyclic) bond motifs is 1. The lowest BCUT2D eigenvalue weighted by Crippen LogP contribution is -2.09. The van der Waals surface area contributed by atoms with Crippen LogP contribution in [0.5, 0.6) is 0 Å². The molecule has 0 saturated heterocycles. The van der Waals surface area contributed by atoms with Crippen LogP contribution in [0.3, 0.4) is 0 Å². The Hall–Kier alpha value is -1.90. The van der Waals surface area contributed by atoms with Crippen LogP contribution in [-0.4, -0.2) is 15.6 Å². The van der Waals surface area contributed by atoms with Crippen molar-refractivity contribution in [3.05, 3.63) is 53.3 Å². The van der Waals surface area contributed by atoms with Crippen LogP contribution in [0.15, 0.2) is 36.7 Å². The van der Waals surface area contributed by atoms with Crippen molar-refractivity contribution >= 4 is 5.78 Å². The number of ketones is 1. The zero-order chi connectivity index (χ0) is 11.8. The molecule has 86 valence electrons. The Bertz CT molecular complexity index is 571. The van der Waals surface area contributed by atoms with Gasteiger partial charge in [0.05, 0.1) is 11.8 Å². The number of aryl methyl sites for hydroxylation is 2. The van der Waals surface area contributed by atoms with E-state index in [1.807, 2.05) is 19.2 Å². The van der Waals surface area contributed by atoms with Gasteiger partial charge in [-0.1, -0.05) is 24.3 Å². The van der Waals surface area contributed by atoms with Gasteiger partial charge in [-0.2, -0.15) is 5.10 Å². The molecule has 2 aromatic rings. The molecule has 17 heavy (non-hydrogen) atoms. The van der Waals surface area contributed by atoms with E-state index in [2.05, 4.69) is 17.2 Å². The van der Waals surface area contributed by atoms with Crippen molar-refractivity contribution in [2.75, 3.05) is 0 Å². The molecule has 3 rings (SSSR count). The van der Waals surface area contributed by atoms with Crippen molar-refractivity contribution in [1.29, 1.82) is 0 Å². The number of aromatic nitrogens is 2. The van der Waals surface area contributed by atoms with E-state index in [0.29, 0.717) is 5.56 Å². The van der Waals surface area contributed by atoms with Crippen LogP contribution in [0.1, 0.15) is 33.8 Å². The molecule has 1 atom stereocenters. The van der Waals surface area contributed by atoms with Crippen molar-refractivity contribution < 1.29 is 4.79 Å². The van der Waals surface area contributed by atoms with Gasteiger partial charge < -0.3 is 0 Å². The van der Waals surface area contributed by atoms with E-state index in [-0.39, 0.29) is 11.7 Å². The lowest BCUT2D eigenvalue weighted by atomic mass is 9.94. The van der Waals surface area contributed by atoms with E-state index in [1.165, 1.54) is 11.1 Å². The van der Waals surface area contributed by atoms with Gasteiger partial charge in [-0.05, 0) is 24.0 Å². The van der Waals surface area contributed by atoms with E-state index in [9.17, 15) is 4.79 Å². The Balaban J connectivity index is 1.95. The van der Waals surface area contributed by atoms with Gasteiger partial charge in [0.2, 0.25) is 0 Å². The lowest BCUT2D eigenvalue weighted by Gasteiger charge is -2.08. The monoisotopic (exact) mass is 226 g/mol. The van der Waals surface area contributed by atoms with Gasteiger partial charge in [-0.25, -0.2) is 0 Å². The van der Waals surface area contributed by atoms with Crippen molar-refractivity contribution in [3.8, 4) is 0 Å². The van der Waals surface area contributed by atoms with E-state index >= 15 is 0 Å². The quantitative estimate of drug-likeness (QED) is 0.737. The summed E-state index contributed by atoms with van der Waals surface area (Å²) in [6.45, 7) is 0. The van der Waals surface area contributed by atoms with Crippen LogP contribution in [0.4, 0.5) is 0 Å². The van der Waals surface area contributed by atoms with Gasteiger partial charge in [-0.15, -0.1) is 0 Å². The van der Waals surface area contributed by atoms with E-state index in [4.69, 9.17) is 0 Å². The molecule has 1 aliphatic carbocycles. The van der Waals surface area contributed by atoms with Crippen molar-refractivity contribution in [1.82, 2.24) is 9.78 Å². The molecule has 0 bridgehead atoms. The first-order valence-electron chi connectivity index (χ1n) is 5.86. The number of Topliss-reactive ketones (excluding diaryl/α,β-unsaturated/α-hetero) is 1. The van der Waals surface area contributed by atoms with E-state index in [1.54, 1.807) is 17.1 Å². The predicted octanol–water partition coefficient (Wildman–Crippen LogP) is 2.33. The summed E-state index contributed by atoms with van der Waals surface area (Å²) in [7, 11) is 1.83. The maximum Gasteiger partial charge on any atom is 0.173 e. The molecular weight excluding hydrogens is 212 g/mol. The normalized spacial score (nSPS) is 18.1. The number of rotatable bonds is 2. The average molecular weight is 226 g/mol. The fourth-order valence-corrected chi connectivity index (χ4v) is 2.58. The number of benzene rings is 1. The Morgan fingerprint density at radius 2 is 2.24 bits per heavy atom. The number of carbonyl (C=O) groups is 1. The highest BCUT2D eigenvalue weighted by Crippen LogP contribution is 2.35. The summed E-state index contributed by atoms with van der Waals surface area (Å²) in [4.78, 5) is 12.4. The second-order valence-electron chi connectivity index (χ2n) is 4.56. The molecule has 0 amide bonds. The second kappa shape index (κ2) is 3.84. The van der Waals surface area contributed by atoms with Crippen LogP contribution in [0, 0.1) is 0 Å². The van der Waals surface area contributed by atoms with Crippen molar-refractivity contribution in [2.24, 2.45) is 7.05 Å². The molecule has 1 aromatic heterocycles. The minimum absolute atomic E-state index is 0.0235. The summed E-state index contributed by atoms with van der Waals surface area (Å²) in [6, 6.07) is 8.23. The molecule has 0 aliphatic heterocycles. The first kappa shape index (κ1) is 10.3. The van der Waals surface area contributed by atoms with Crippen molar-refractivity contribution in [2.45, 2.75) is 18.8 Å². The predicted molar refractivity (Wildman–Crippen MR) is 65.0 cm³/mol. The molecule has 0 radical (unpaired) electrons. The molecule has 0 N–H and O–H groups in total. The van der Waals surface area contributed by atoms with Crippen LogP contribution < -0.4 is 0 Å². The molecule has 1 heterocycles. The summed E-state index contributed by atoms with van der Waals surface area (Å²) in [5, 5.41) is 4.06. The highest BCUT2D eigenvalue weighted by atomic mass is 16.1. The Morgan fingerprint density at radius 3 is 3.00 bits per heavy atom. The summed E-state index contributed by atoms with van der Waals surface area (Å²) in [5.41, 5.74) is 3.23. The first-order chi connectivity index (χ1) is 8.25. The summed E-state index contributed by atoms with van der Waals surface area (Å²) >= 11 is 0. The first-order valence-corrected chi connectivity index (χ1v) is 5.86. The SMILES string of the molecule is Cn1cc(C(=O)C2CCc3ccccc32)cn1. The highest BCUT2D eigenvalue weighted by Gasteiger charge is 2.29. The molecule has 1 aromatic carbocycles. The van der Waals surface area contributed by atoms with Gasteiger partial charge in [-0.3, -0.25) is 9.48 Å². The third kappa shape index (κ3) is 1.68. The standard InChI is InChI=1S/C14H14N2O/c1-16-9-11(8-15-16)14(17)13-7-6-10-4-2-3-5-12(10)13/h2-5,8-9,13H,6-7H2,1H3. The summed E-state index contributed by atoms with van der Waals surface area (Å²) < 4.78 is 1.67. The zero-order valence-corrected chi connectivity index (χ0v) is 9.76. The number of nitrogens with zero attached hydrogens (tertiary/aromatic N) is 2. The average Bonchev–Trinajstić information content (AvgIpc) is 2.94. The van der Waals surface area contributed by atoms with Crippen molar-refractivity contribution in [3.63, 3.8) is 0 Å². The fraction of sp³-hybridized carbons (Fsp3) is 0.286. The van der Waals surface area contributed by atoms with Crippen LogP contribution in [-0.2, 0) is 13.5 Å². The van der Waals surface area contributed by atoms with Gasteiger partial charge in [0.25, 0.3) is 0 Å². The Labute approximate surface area is 100 Å². The Kier molecular flexibility index (Phi) is 2.32. The third-order valence-electron chi connectivity index (χ3n) is 3.44. The van der Waals surface area contributed by atoms with Gasteiger partial charge in [0.15, 0.2) is 5.78 Å². The maximum atomic E-state index is 12.4. The largest absolute Gasteiger partial charge is 0.293 e. The third-order valence-corrected chi connectivity index (χ3v) is 3.44. The van der Waals surface area contributed by atoms with Gasteiger partial charge in [0, 0.05) is 19.2 Å². The summed E-state index contributed by atoms with van der Waals surface area (Å²) in [6.07, 6.45) is 5.38. The highest BCUT2D eigenvalue weighted by molar-refractivity contribution is 6.01. The molecule has 1 unspecified atom stereocenters. The lowest BCUT2D eigenvalue weighted by molar-refractivity contribution is 0.0959.